The third kappa shape index (κ3) is 5.37. The van der Waals surface area contributed by atoms with Crippen molar-refractivity contribution >= 4 is 27.9 Å². The lowest BCUT2D eigenvalue weighted by atomic mass is 9.95. The number of hydrogen-bond acceptors (Lipinski definition) is 7. The molecule has 166 valence electrons. The predicted molar refractivity (Wildman–Crippen MR) is 108 cm³/mol. The van der Waals surface area contributed by atoms with Gasteiger partial charge in [0, 0.05) is 19.0 Å². The van der Waals surface area contributed by atoms with Gasteiger partial charge in [0.25, 0.3) is 0 Å². The summed E-state index contributed by atoms with van der Waals surface area (Å²) in [5, 5.41) is 2.66. The number of piperidine rings is 1. The SMILES string of the molecule is CCOC(=O)c1ccc(S(=O)(=O)N2CCC(C(=O)NC(C)(C)C(=O)OC)CC2)cc1. The van der Waals surface area contributed by atoms with Crippen molar-refractivity contribution in [2.45, 2.75) is 44.0 Å². The van der Waals surface area contributed by atoms with Gasteiger partial charge in [0.2, 0.25) is 15.9 Å². The van der Waals surface area contributed by atoms with Crippen LogP contribution in [0.3, 0.4) is 0 Å². The maximum absolute atomic E-state index is 12.9. The van der Waals surface area contributed by atoms with Crippen molar-refractivity contribution in [3.63, 3.8) is 0 Å². The van der Waals surface area contributed by atoms with Gasteiger partial charge in [0.15, 0.2) is 0 Å². The molecule has 1 heterocycles. The molecule has 1 aliphatic rings. The summed E-state index contributed by atoms with van der Waals surface area (Å²) < 4.78 is 36.6. The van der Waals surface area contributed by atoms with Crippen LogP contribution in [-0.2, 0) is 29.1 Å². The van der Waals surface area contributed by atoms with Gasteiger partial charge in [-0.15, -0.1) is 0 Å². The van der Waals surface area contributed by atoms with Crippen molar-refractivity contribution in [2.24, 2.45) is 5.92 Å². The zero-order valence-electron chi connectivity index (χ0n) is 17.6. The van der Waals surface area contributed by atoms with Crippen molar-refractivity contribution in [3.05, 3.63) is 29.8 Å². The number of rotatable bonds is 7. The first kappa shape index (κ1) is 23.8. The Balaban J connectivity index is 2.00. The Bertz CT molecular complexity index is 886. The van der Waals surface area contributed by atoms with Crippen molar-refractivity contribution in [2.75, 3.05) is 26.8 Å². The first-order valence-electron chi connectivity index (χ1n) is 9.70. The minimum absolute atomic E-state index is 0.0743. The van der Waals surface area contributed by atoms with E-state index < -0.39 is 33.4 Å². The van der Waals surface area contributed by atoms with Crippen LogP contribution in [0.5, 0.6) is 0 Å². The first-order valence-corrected chi connectivity index (χ1v) is 11.1. The minimum atomic E-state index is -3.74. The summed E-state index contributed by atoms with van der Waals surface area (Å²) in [7, 11) is -2.49. The number of ether oxygens (including phenoxy) is 2. The molecule has 0 radical (unpaired) electrons. The average molecular weight is 441 g/mol. The predicted octanol–water partition coefficient (Wildman–Crippen LogP) is 1.33. The van der Waals surface area contributed by atoms with Gasteiger partial charge in [-0.3, -0.25) is 4.79 Å². The van der Waals surface area contributed by atoms with Gasteiger partial charge >= 0.3 is 11.9 Å². The number of carbonyl (C=O) groups excluding carboxylic acids is 3. The summed E-state index contributed by atoms with van der Waals surface area (Å²) in [5.41, 5.74) is -0.880. The number of carbonyl (C=O) groups is 3. The van der Waals surface area contributed by atoms with Crippen LogP contribution >= 0.6 is 0 Å². The molecule has 0 aliphatic carbocycles. The van der Waals surface area contributed by atoms with E-state index >= 15 is 0 Å². The first-order chi connectivity index (χ1) is 14.0. The van der Waals surface area contributed by atoms with Crippen LogP contribution in [-0.4, -0.2) is 62.9 Å². The fraction of sp³-hybridized carbons (Fsp3) is 0.550. The molecule has 0 aromatic heterocycles. The molecule has 1 aliphatic heterocycles. The largest absolute Gasteiger partial charge is 0.467 e. The zero-order chi connectivity index (χ0) is 22.5. The lowest BCUT2D eigenvalue weighted by molar-refractivity contribution is -0.150. The van der Waals surface area contributed by atoms with E-state index in [2.05, 4.69) is 10.1 Å². The second-order valence-electron chi connectivity index (χ2n) is 7.53. The molecule has 0 spiro atoms. The van der Waals surface area contributed by atoms with E-state index in [0.29, 0.717) is 12.8 Å². The standard InChI is InChI=1S/C20H28N2O7S/c1-5-29-18(24)15-6-8-16(9-7-15)30(26,27)22-12-10-14(11-13-22)17(23)21-20(2,3)19(25)28-4/h6-9,14H,5,10-13H2,1-4H3,(H,21,23). The lowest BCUT2D eigenvalue weighted by Gasteiger charge is -2.32. The number of sulfonamides is 1. The fourth-order valence-electron chi connectivity index (χ4n) is 3.20. The summed E-state index contributed by atoms with van der Waals surface area (Å²) in [4.78, 5) is 36.0. The molecule has 2 rings (SSSR count). The molecule has 1 N–H and O–H groups in total. The van der Waals surface area contributed by atoms with Gasteiger partial charge in [0.05, 0.1) is 24.2 Å². The van der Waals surface area contributed by atoms with E-state index in [9.17, 15) is 22.8 Å². The highest BCUT2D eigenvalue weighted by Gasteiger charge is 2.36. The van der Waals surface area contributed by atoms with Gasteiger partial charge < -0.3 is 14.8 Å². The highest BCUT2D eigenvalue weighted by Crippen LogP contribution is 2.25. The maximum atomic E-state index is 12.9. The van der Waals surface area contributed by atoms with Crippen LogP contribution in [0.25, 0.3) is 0 Å². The summed E-state index contributed by atoms with van der Waals surface area (Å²) in [5.74, 6) is -1.77. The minimum Gasteiger partial charge on any atom is -0.467 e. The molecule has 10 heteroatoms. The molecular weight excluding hydrogens is 412 g/mol. The van der Waals surface area contributed by atoms with Crippen LogP contribution in [0.15, 0.2) is 29.2 Å². The third-order valence-electron chi connectivity index (χ3n) is 4.96. The van der Waals surface area contributed by atoms with E-state index in [1.165, 1.54) is 35.7 Å². The summed E-state index contributed by atoms with van der Waals surface area (Å²) in [6.45, 7) is 5.39. The van der Waals surface area contributed by atoms with E-state index in [-0.39, 0.29) is 36.1 Å². The van der Waals surface area contributed by atoms with E-state index in [1.807, 2.05) is 0 Å². The van der Waals surface area contributed by atoms with Gasteiger partial charge in [0.1, 0.15) is 5.54 Å². The number of nitrogens with one attached hydrogen (secondary N) is 1. The van der Waals surface area contributed by atoms with Gasteiger partial charge in [-0.2, -0.15) is 4.31 Å². The number of nitrogens with zero attached hydrogens (tertiary/aromatic N) is 1. The van der Waals surface area contributed by atoms with Gasteiger partial charge in [-0.1, -0.05) is 0 Å². The molecule has 0 saturated carbocycles. The van der Waals surface area contributed by atoms with Crippen molar-refractivity contribution < 1.29 is 32.3 Å². The molecule has 9 nitrogen and oxygen atoms in total. The number of esters is 2. The second kappa shape index (κ2) is 9.57. The highest BCUT2D eigenvalue weighted by atomic mass is 32.2. The van der Waals surface area contributed by atoms with E-state index in [4.69, 9.17) is 4.74 Å². The van der Waals surface area contributed by atoms with Crippen LogP contribution < -0.4 is 5.32 Å². The van der Waals surface area contributed by atoms with Gasteiger partial charge in [-0.05, 0) is 57.9 Å². The monoisotopic (exact) mass is 440 g/mol. The molecule has 1 fully saturated rings. The maximum Gasteiger partial charge on any atom is 0.338 e. The molecule has 1 aromatic rings. The van der Waals surface area contributed by atoms with E-state index in [1.54, 1.807) is 20.8 Å². The van der Waals surface area contributed by atoms with Crippen LogP contribution in [0, 0.1) is 5.92 Å². The average Bonchev–Trinajstić information content (AvgIpc) is 2.73. The molecule has 1 amide bonds. The topological polar surface area (TPSA) is 119 Å². The molecule has 0 bridgehead atoms. The van der Waals surface area contributed by atoms with Crippen LogP contribution in [0.1, 0.15) is 44.0 Å². The lowest BCUT2D eigenvalue weighted by Crippen LogP contribution is -2.53. The Morgan fingerprint density at radius 2 is 1.70 bits per heavy atom. The highest BCUT2D eigenvalue weighted by molar-refractivity contribution is 7.89. The Kier molecular flexibility index (Phi) is 7.59. The molecule has 30 heavy (non-hydrogen) atoms. The number of amides is 1. The number of hydrogen-bond donors (Lipinski definition) is 1. The smallest absolute Gasteiger partial charge is 0.338 e. The second-order valence-corrected chi connectivity index (χ2v) is 9.47. The van der Waals surface area contributed by atoms with Gasteiger partial charge in [-0.25, -0.2) is 18.0 Å². The summed E-state index contributed by atoms with van der Waals surface area (Å²) in [6, 6.07) is 5.58. The molecule has 0 atom stereocenters. The summed E-state index contributed by atoms with van der Waals surface area (Å²) >= 11 is 0. The number of benzene rings is 1. The Morgan fingerprint density at radius 3 is 2.20 bits per heavy atom. The van der Waals surface area contributed by atoms with Crippen molar-refractivity contribution in [1.82, 2.24) is 9.62 Å². The Hall–Kier alpha value is -2.46. The molecule has 0 unspecified atom stereocenters. The molecule has 1 saturated heterocycles. The number of methoxy groups -OCH3 is 1. The van der Waals surface area contributed by atoms with Crippen molar-refractivity contribution in [3.8, 4) is 0 Å². The van der Waals surface area contributed by atoms with Crippen LogP contribution in [0.4, 0.5) is 0 Å². The van der Waals surface area contributed by atoms with Crippen molar-refractivity contribution in [1.29, 1.82) is 0 Å². The Morgan fingerprint density at radius 1 is 1.13 bits per heavy atom. The normalized spacial score (nSPS) is 16.0. The fourth-order valence-corrected chi connectivity index (χ4v) is 4.67. The molecule has 1 aromatic carbocycles. The zero-order valence-corrected chi connectivity index (χ0v) is 18.5. The molecular formula is C20H28N2O7S. The Labute approximate surface area is 176 Å². The van der Waals surface area contributed by atoms with E-state index in [0.717, 1.165) is 0 Å². The summed E-state index contributed by atoms with van der Waals surface area (Å²) in [6.07, 6.45) is 0.673. The van der Waals surface area contributed by atoms with Crippen LogP contribution in [0.2, 0.25) is 0 Å². The third-order valence-corrected chi connectivity index (χ3v) is 6.87. The quantitative estimate of drug-likeness (QED) is 0.635.